The van der Waals surface area contributed by atoms with Crippen LogP contribution >= 0.6 is 11.3 Å². The van der Waals surface area contributed by atoms with Crippen LogP contribution in [0, 0.1) is 0 Å². The minimum absolute atomic E-state index is 0.208. The van der Waals surface area contributed by atoms with Gasteiger partial charge in [-0.05, 0) is 42.0 Å². The highest BCUT2D eigenvalue weighted by atomic mass is 32.1. The molecule has 1 aromatic carbocycles. The topological polar surface area (TPSA) is 122 Å². The lowest BCUT2D eigenvalue weighted by Crippen LogP contribution is -2.34. The molecule has 32 heavy (non-hydrogen) atoms. The summed E-state index contributed by atoms with van der Waals surface area (Å²) in [6, 6.07) is 9.82. The Labute approximate surface area is 184 Å². The van der Waals surface area contributed by atoms with E-state index >= 15 is 0 Å². The van der Waals surface area contributed by atoms with Crippen LogP contribution in [0.1, 0.15) is 12.0 Å². The standard InChI is InChI=1S/C21H16N6O4S/c1-31-14-4-2-12(3-5-14)15-10-16(20(29)30)26(24-15)11-17-19(28)27-21(32-17)23-18(25-27)13-6-8-22-9-7-13/h2-9,11,16H,10H2,1H3,(H,29,30)/b17-11-. The summed E-state index contributed by atoms with van der Waals surface area (Å²) in [6.45, 7) is 0. The average Bonchev–Trinajstić information content (AvgIpc) is 3.50. The number of hydrogen-bond donors (Lipinski definition) is 1. The molecule has 160 valence electrons. The van der Waals surface area contributed by atoms with Crippen LogP contribution in [0.5, 0.6) is 5.75 Å². The van der Waals surface area contributed by atoms with Gasteiger partial charge in [-0.15, -0.1) is 5.10 Å². The molecule has 1 aliphatic rings. The SMILES string of the molecule is COc1ccc(C2=NN(/C=c3\sc4nc(-c5ccncc5)nn4c3=O)C(C(=O)O)C2)cc1. The van der Waals surface area contributed by atoms with E-state index < -0.39 is 12.0 Å². The summed E-state index contributed by atoms with van der Waals surface area (Å²) in [5, 5.41) is 19.7. The molecule has 0 aliphatic carbocycles. The van der Waals surface area contributed by atoms with Crippen molar-refractivity contribution >= 4 is 34.2 Å². The molecule has 0 radical (unpaired) electrons. The number of hydrogen-bond acceptors (Lipinski definition) is 9. The largest absolute Gasteiger partial charge is 0.497 e. The van der Waals surface area contributed by atoms with Crippen molar-refractivity contribution in [2.75, 3.05) is 7.11 Å². The zero-order valence-corrected chi connectivity index (χ0v) is 17.6. The number of pyridine rings is 1. The van der Waals surface area contributed by atoms with Crippen LogP contribution in [0.2, 0.25) is 0 Å². The molecule has 5 rings (SSSR count). The number of benzene rings is 1. The van der Waals surface area contributed by atoms with E-state index in [-0.39, 0.29) is 12.0 Å². The molecule has 10 nitrogen and oxygen atoms in total. The number of rotatable bonds is 5. The van der Waals surface area contributed by atoms with Crippen molar-refractivity contribution in [1.29, 1.82) is 0 Å². The van der Waals surface area contributed by atoms with Crippen molar-refractivity contribution in [2.24, 2.45) is 5.10 Å². The van der Waals surface area contributed by atoms with Crippen molar-refractivity contribution in [3.05, 3.63) is 69.2 Å². The molecule has 0 spiro atoms. The van der Waals surface area contributed by atoms with Gasteiger partial charge in [0.25, 0.3) is 5.56 Å². The van der Waals surface area contributed by atoms with Gasteiger partial charge in [0, 0.05) is 30.6 Å². The second kappa shape index (κ2) is 7.85. The summed E-state index contributed by atoms with van der Waals surface area (Å²) in [5.74, 6) is 0.0919. The van der Waals surface area contributed by atoms with Crippen molar-refractivity contribution in [2.45, 2.75) is 12.5 Å². The molecule has 1 N–H and O–H groups in total. The summed E-state index contributed by atoms with van der Waals surface area (Å²) in [6.07, 6.45) is 4.91. The Morgan fingerprint density at radius 2 is 1.94 bits per heavy atom. The first-order chi connectivity index (χ1) is 15.5. The van der Waals surface area contributed by atoms with E-state index in [9.17, 15) is 14.7 Å². The maximum Gasteiger partial charge on any atom is 0.328 e. The quantitative estimate of drug-likeness (QED) is 0.484. The van der Waals surface area contributed by atoms with E-state index in [1.165, 1.54) is 15.7 Å². The molecule has 11 heteroatoms. The van der Waals surface area contributed by atoms with Crippen molar-refractivity contribution in [3.63, 3.8) is 0 Å². The van der Waals surface area contributed by atoms with Gasteiger partial charge in [0.05, 0.1) is 12.8 Å². The lowest BCUT2D eigenvalue weighted by Gasteiger charge is -2.14. The molecular weight excluding hydrogens is 432 g/mol. The molecule has 0 amide bonds. The Morgan fingerprint density at radius 1 is 1.19 bits per heavy atom. The highest BCUT2D eigenvalue weighted by Crippen LogP contribution is 2.23. The maximum absolute atomic E-state index is 12.9. The third kappa shape index (κ3) is 3.48. The van der Waals surface area contributed by atoms with E-state index in [4.69, 9.17) is 4.74 Å². The minimum atomic E-state index is -1.03. The zero-order chi connectivity index (χ0) is 22.2. The van der Waals surface area contributed by atoms with Crippen molar-refractivity contribution < 1.29 is 14.6 Å². The van der Waals surface area contributed by atoms with E-state index in [0.29, 0.717) is 26.8 Å². The summed E-state index contributed by atoms with van der Waals surface area (Å²) in [4.78, 5) is 33.5. The fourth-order valence-corrected chi connectivity index (χ4v) is 4.25. The van der Waals surface area contributed by atoms with E-state index in [0.717, 1.165) is 22.5 Å². The van der Waals surface area contributed by atoms with Crippen LogP contribution < -0.4 is 14.8 Å². The second-order valence-corrected chi connectivity index (χ2v) is 7.99. The number of thiazole rings is 1. The van der Waals surface area contributed by atoms with Gasteiger partial charge in [-0.1, -0.05) is 11.3 Å². The first-order valence-electron chi connectivity index (χ1n) is 9.58. The number of carboxylic acids is 1. The summed E-state index contributed by atoms with van der Waals surface area (Å²) in [7, 11) is 1.58. The highest BCUT2D eigenvalue weighted by Gasteiger charge is 2.32. The number of hydrazone groups is 1. The Kier molecular flexibility index (Phi) is 4.86. The summed E-state index contributed by atoms with van der Waals surface area (Å²) < 4.78 is 6.67. The fraction of sp³-hybridized carbons (Fsp3) is 0.143. The molecular formula is C21H16N6O4S. The fourth-order valence-electron chi connectivity index (χ4n) is 3.37. The number of carboxylic acid groups (broad SMARTS) is 1. The van der Waals surface area contributed by atoms with E-state index in [1.54, 1.807) is 43.8 Å². The van der Waals surface area contributed by atoms with Crippen LogP contribution in [0.15, 0.2) is 58.7 Å². The first-order valence-corrected chi connectivity index (χ1v) is 10.4. The molecule has 4 aromatic rings. The number of fused-ring (bicyclic) bond motifs is 1. The summed E-state index contributed by atoms with van der Waals surface area (Å²) in [5.41, 5.74) is 1.78. The van der Waals surface area contributed by atoms with Crippen LogP contribution in [-0.4, -0.2) is 54.5 Å². The second-order valence-electron chi connectivity index (χ2n) is 6.98. The predicted octanol–water partition coefficient (Wildman–Crippen LogP) is 1.24. The van der Waals surface area contributed by atoms with Crippen molar-refractivity contribution in [1.82, 2.24) is 24.6 Å². The molecule has 3 aromatic heterocycles. The number of ether oxygens (including phenoxy) is 1. The molecule has 1 atom stereocenters. The Hall–Kier alpha value is -4.12. The number of aromatic nitrogens is 4. The molecule has 1 unspecified atom stereocenters. The molecule has 0 fully saturated rings. The lowest BCUT2D eigenvalue weighted by atomic mass is 10.0. The molecule has 4 heterocycles. The molecule has 0 saturated heterocycles. The van der Waals surface area contributed by atoms with Gasteiger partial charge in [0.15, 0.2) is 11.9 Å². The van der Waals surface area contributed by atoms with Crippen LogP contribution in [0.25, 0.3) is 22.5 Å². The van der Waals surface area contributed by atoms with Gasteiger partial charge in [-0.2, -0.15) is 14.6 Å². The smallest absolute Gasteiger partial charge is 0.328 e. The Balaban J connectivity index is 1.52. The highest BCUT2D eigenvalue weighted by molar-refractivity contribution is 7.15. The first kappa shape index (κ1) is 19.8. The minimum Gasteiger partial charge on any atom is -0.497 e. The van der Waals surface area contributed by atoms with Crippen LogP contribution in [0.4, 0.5) is 0 Å². The maximum atomic E-state index is 12.9. The van der Waals surface area contributed by atoms with Gasteiger partial charge >= 0.3 is 5.97 Å². The Morgan fingerprint density at radius 3 is 2.59 bits per heavy atom. The van der Waals surface area contributed by atoms with Crippen LogP contribution in [0.3, 0.4) is 0 Å². The number of methoxy groups -OCH3 is 1. The van der Waals surface area contributed by atoms with Crippen LogP contribution in [-0.2, 0) is 4.79 Å². The monoisotopic (exact) mass is 448 g/mol. The zero-order valence-electron chi connectivity index (χ0n) is 16.7. The van der Waals surface area contributed by atoms with Gasteiger partial charge in [-0.3, -0.25) is 14.8 Å². The van der Waals surface area contributed by atoms with Gasteiger partial charge in [0.1, 0.15) is 10.3 Å². The van der Waals surface area contributed by atoms with E-state index in [2.05, 4.69) is 20.2 Å². The number of carbonyl (C=O) groups is 1. The van der Waals surface area contributed by atoms with E-state index in [1.807, 2.05) is 12.1 Å². The normalized spacial score (nSPS) is 16.5. The Bertz CT molecular complexity index is 1450. The van der Waals surface area contributed by atoms with Gasteiger partial charge in [0.2, 0.25) is 4.96 Å². The van der Waals surface area contributed by atoms with Gasteiger partial charge < -0.3 is 9.84 Å². The molecule has 1 aliphatic heterocycles. The number of aliphatic carboxylic acids is 1. The average molecular weight is 448 g/mol. The third-order valence-electron chi connectivity index (χ3n) is 5.02. The number of nitrogens with zero attached hydrogens (tertiary/aromatic N) is 6. The van der Waals surface area contributed by atoms with Crippen molar-refractivity contribution in [3.8, 4) is 17.1 Å². The predicted molar refractivity (Wildman–Crippen MR) is 117 cm³/mol. The molecule has 0 bridgehead atoms. The summed E-state index contributed by atoms with van der Waals surface area (Å²) >= 11 is 1.13. The lowest BCUT2D eigenvalue weighted by molar-refractivity contribution is -0.141. The molecule has 0 saturated carbocycles. The van der Waals surface area contributed by atoms with Gasteiger partial charge in [-0.25, -0.2) is 4.79 Å². The third-order valence-corrected chi connectivity index (χ3v) is 5.97.